The van der Waals surface area contributed by atoms with Gasteiger partial charge in [0.25, 0.3) is 0 Å². The van der Waals surface area contributed by atoms with Crippen molar-refractivity contribution >= 4 is 5.97 Å². The topological polar surface area (TPSA) is 35.5 Å². The van der Waals surface area contributed by atoms with E-state index in [4.69, 9.17) is 9.47 Å². The first-order valence-electron chi connectivity index (χ1n) is 5.09. The molecular formula is C12H16O3. The van der Waals surface area contributed by atoms with Gasteiger partial charge in [-0.1, -0.05) is 25.1 Å². The zero-order valence-corrected chi connectivity index (χ0v) is 9.10. The molecule has 1 rings (SSSR count). The first kappa shape index (κ1) is 11.6. The molecule has 0 saturated carbocycles. The number of carbonyl (C=O) groups excluding carboxylic acids is 1. The second-order valence-electron chi connectivity index (χ2n) is 3.28. The number of rotatable bonds is 5. The molecule has 1 atom stereocenters. The lowest BCUT2D eigenvalue weighted by Crippen LogP contribution is -2.21. The van der Waals surface area contributed by atoms with Crippen LogP contribution in [0.4, 0.5) is 0 Å². The number of benzene rings is 1. The van der Waals surface area contributed by atoms with Crippen LogP contribution in [0, 0.1) is 0 Å². The summed E-state index contributed by atoms with van der Waals surface area (Å²) in [5.41, 5.74) is 0. The van der Waals surface area contributed by atoms with Gasteiger partial charge >= 0.3 is 5.97 Å². The molecule has 0 heterocycles. The number of hydrogen-bond donors (Lipinski definition) is 0. The number of carbonyl (C=O) groups is 1. The molecule has 3 heteroatoms. The van der Waals surface area contributed by atoms with Crippen LogP contribution in [0.2, 0.25) is 0 Å². The Labute approximate surface area is 90.0 Å². The molecule has 3 nitrogen and oxygen atoms in total. The van der Waals surface area contributed by atoms with Crippen molar-refractivity contribution in [2.45, 2.75) is 26.4 Å². The van der Waals surface area contributed by atoms with Crippen molar-refractivity contribution in [3.63, 3.8) is 0 Å². The molecule has 1 aromatic rings. The van der Waals surface area contributed by atoms with Gasteiger partial charge in [-0.2, -0.15) is 0 Å². The van der Waals surface area contributed by atoms with Crippen molar-refractivity contribution in [2.75, 3.05) is 6.61 Å². The zero-order chi connectivity index (χ0) is 11.1. The summed E-state index contributed by atoms with van der Waals surface area (Å²) in [5, 5.41) is 0. The molecule has 0 aromatic heterocycles. The largest absolute Gasteiger partial charge is 0.487 e. The van der Waals surface area contributed by atoms with Gasteiger partial charge in [-0.15, -0.1) is 0 Å². The molecule has 0 aliphatic heterocycles. The van der Waals surface area contributed by atoms with Gasteiger partial charge in [0.15, 0.2) is 0 Å². The Hall–Kier alpha value is -1.51. The smallest absolute Gasteiger partial charge is 0.305 e. The highest BCUT2D eigenvalue weighted by Gasteiger charge is 2.06. The summed E-state index contributed by atoms with van der Waals surface area (Å²) in [7, 11) is 0. The third kappa shape index (κ3) is 4.49. The molecule has 0 bridgehead atoms. The summed E-state index contributed by atoms with van der Waals surface area (Å²) in [5.74, 6) is 0.594. The Balaban J connectivity index is 2.30. The average molecular weight is 208 g/mol. The highest BCUT2D eigenvalue weighted by Crippen LogP contribution is 2.10. The van der Waals surface area contributed by atoms with E-state index in [0.29, 0.717) is 13.0 Å². The van der Waals surface area contributed by atoms with Crippen molar-refractivity contribution in [1.29, 1.82) is 0 Å². The molecule has 82 valence electrons. The summed E-state index contributed by atoms with van der Waals surface area (Å²) in [4.78, 5) is 10.9. The third-order valence-electron chi connectivity index (χ3n) is 1.85. The van der Waals surface area contributed by atoms with Crippen LogP contribution in [-0.2, 0) is 9.53 Å². The van der Waals surface area contributed by atoms with Crippen molar-refractivity contribution in [2.24, 2.45) is 0 Å². The van der Waals surface area contributed by atoms with Crippen LogP contribution in [-0.4, -0.2) is 18.7 Å². The van der Waals surface area contributed by atoms with Crippen LogP contribution in [0.15, 0.2) is 30.3 Å². The summed E-state index contributed by atoms with van der Waals surface area (Å²) in [6.45, 7) is 3.93. The molecule has 0 amide bonds. The van der Waals surface area contributed by atoms with Gasteiger partial charge in [0, 0.05) is 6.42 Å². The van der Waals surface area contributed by atoms with E-state index in [2.05, 4.69) is 0 Å². The van der Waals surface area contributed by atoms with Crippen LogP contribution in [0.3, 0.4) is 0 Å². The first-order chi connectivity index (χ1) is 7.22. The molecule has 15 heavy (non-hydrogen) atoms. The average Bonchev–Trinajstić information content (AvgIpc) is 2.27. The maximum atomic E-state index is 10.9. The summed E-state index contributed by atoms with van der Waals surface area (Å²) >= 11 is 0. The number of esters is 1. The van der Waals surface area contributed by atoms with Gasteiger partial charge < -0.3 is 9.47 Å². The van der Waals surface area contributed by atoms with Crippen LogP contribution >= 0.6 is 0 Å². The Morgan fingerprint density at radius 2 is 2.00 bits per heavy atom. The van der Waals surface area contributed by atoms with E-state index in [-0.39, 0.29) is 12.1 Å². The fraction of sp³-hybridized carbons (Fsp3) is 0.417. The quantitative estimate of drug-likeness (QED) is 0.697. The van der Waals surface area contributed by atoms with Gasteiger partial charge in [-0.05, 0) is 19.1 Å². The van der Waals surface area contributed by atoms with Crippen LogP contribution < -0.4 is 4.74 Å². The fourth-order valence-corrected chi connectivity index (χ4v) is 1.08. The van der Waals surface area contributed by atoms with Gasteiger partial charge in [0.1, 0.15) is 18.5 Å². The summed E-state index contributed by atoms with van der Waals surface area (Å²) < 4.78 is 10.5. The minimum Gasteiger partial charge on any atom is -0.487 e. The zero-order valence-electron chi connectivity index (χ0n) is 9.10. The van der Waals surface area contributed by atoms with E-state index in [1.165, 1.54) is 0 Å². The van der Waals surface area contributed by atoms with Crippen molar-refractivity contribution in [1.82, 2.24) is 0 Å². The molecule has 0 radical (unpaired) electrons. The van der Waals surface area contributed by atoms with E-state index < -0.39 is 0 Å². The molecule has 0 aliphatic rings. The Morgan fingerprint density at radius 3 is 2.60 bits per heavy atom. The lowest BCUT2D eigenvalue weighted by Gasteiger charge is -2.14. The number of para-hydroxylation sites is 1. The van der Waals surface area contributed by atoms with Crippen LogP contribution in [0.25, 0.3) is 0 Å². The molecule has 1 aromatic carbocycles. The second-order valence-corrected chi connectivity index (χ2v) is 3.28. The maximum absolute atomic E-state index is 10.9. The van der Waals surface area contributed by atoms with Gasteiger partial charge in [0.05, 0.1) is 0 Å². The van der Waals surface area contributed by atoms with Gasteiger partial charge in [0.2, 0.25) is 0 Å². The minimum atomic E-state index is -0.196. The van der Waals surface area contributed by atoms with E-state index in [1.54, 1.807) is 6.92 Å². The molecule has 0 saturated heterocycles. The Bertz CT molecular complexity index is 295. The normalized spacial score (nSPS) is 11.9. The van der Waals surface area contributed by atoms with E-state index in [0.717, 1.165) is 5.75 Å². The fourth-order valence-electron chi connectivity index (χ4n) is 1.08. The highest BCUT2D eigenvalue weighted by molar-refractivity contribution is 5.68. The standard InChI is InChI=1S/C12H16O3/c1-3-12(13)14-9-10(2)15-11-7-5-4-6-8-11/h4-8,10H,3,9H2,1-2H3. The lowest BCUT2D eigenvalue weighted by molar-refractivity contribution is -0.145. The Kier molecular flexibility index (Phi) is 4.68. The predicted molar refractivity (Wildman–Crippen MR) is 57.8 cm³/mol. The second kappa shape index (κ2) is 6.06. The van der Waals surface area contributed by atoms with E-state index in [1.807, 2.05) is 37.3 Å². The molecular weight excluding hydrogens is 192 g/mol. The lowest BCUT2D eigenvalue weighted by atomic mass is 10.3. The third-order valence-corrected chi connectivity index (χ3v) is 1.85. The van der Waals surface area contributed by atoms with Gasteiger partial charge in [-0.25, -0.2) is 0 Å². The van der Waals surface area contributed by atoms with Crippen molar-refractivity contribution in [3.05, 3.63) is 30.3 Å². The summed E-state index contributed by atoms with van der Waals surface area (Å²) in [6, 6.07) is 9.48. The van der Waals surface area contributed by atoms with E-state index in [9.17, 15) is 4.79 Å². The molecule has 0 aliphatic carbocycles. The van der Waals surface area contributed by atoms with Crippen molar-refractivity contribution in [3.8, 4) is 5.75 Å². The maximum Gasteiger partial charge on any atom is 0.305 e. The highest BCUT2D eigenvalue weighted by atomic mass is 16.6. The molecule has 0 spiro atoms. The van der Waals surface area contributed by atoms with Crippen LogP contribution in [0.5, 0.6) is 5.75 Å². The summed E-state index contributed by atoms with van der Waals surface area (Å²) in [6.07, 6.45) is 0.279. The minimum absolute atomic E-state index is 0.122. The first-order valence-corrected chi connectivity index (χ1v) is 5.09. The molecule has 0 N–H and O–H groups in total. The number of ether oxygens (including phenoxy) is 2. The SMILES string of the molecule is CCC(=O)OCC(C)Oc1ccccc1. The van der Waals surface area contributed by atoms with Crippen molar-refractivity contribution < 1.29 is 14.3 Å². The Morgan fingerprint density at radius 1 is 1.33 bits per heavy atom. The predicted octanol–water partition coefficient (Wildman–Crippen LogP) is 2.41. The van der Waals surface area contributed by atoms with E-state index >= 15 is 0 Å². The molecule has 0 fully saturated rings. The molecule has 1 unspecified atom stereocenters. The monoisotopic (exact) mass is 208 g/mol. The van der Waals surface area contributed by atoms with Gasteiger partial charge in [-0.3, -0.25) is 4.79 Å². The van der Waals surface area contributed by atoms with Crippen LogP contribution in [0.1, 0.15) is 20.3 Å². The number of hydrogen-bond acceptors (Lipinski definition) is 3.